The van der Waals surface area contributed by atoms with Gasteiger partial charge in [0.25, 0.3) is 0 Å². The number of carbonyl (C=O) groups is 1. The zero-order valence-electron chi connectivity index (χ0n) is 9.18. The average molecular weight is 216 g/mol. The molecule has 82 valence electrons. The second-order valence-corrected chi connectivity index (χ2v) is 3.41. The number of carbonyl (C=O) groups excluding carboxylic acids is 1. The first-order valence-electron chi connectivity index (χ1n) is 4.87. The fourth-order valence-electron chi connectivity index (χ4n) is 1.63. The van der Waals surface area contributed by atoms with Crippen LogP contribution in [0.3, 0.4) is 0 Å². The molecule has 2 aromatic rings. The van der Waals surface area contributed by atoms with Gasteiger partial charge in [0.2, 0.25) is 0 Å². The van der Waals surface area contributed by atoms with Crippen LogP contribution >= 0.6 is 0 Å². The van der Waals surface area contributed by atoms with Gasteiger partial charge >= 0.3 is 0 Å². The molecule has 0 aliphatic rings. The lowest BCUT2D eigenvalue weighted by atomic mass is 10.1. The molecule has 0 spiro atoms. The first kappa shape index (κ1) is 10.4. The second-order valence-electron chi connectivity index (χ2n) is 3.41. The number of benzene rings is 1. The van der Waals surface area contributed by atoms with E-state index < -0.39 is 0 Å². The molecule has 0 amide bonds. The number of imidazole rings is 1. The highest BCUT2D eigenvalue weighted by molar-refractivity contribution is 5.85. The van der Waals surface area contributed by atoms with E-state index in [9.17, 15) is 4.79 Å². The van der Waals surface area contributed by atoms with Crippen molar-refractivity contribution in [2.75, 3.05) is 7.11 Å². The quantitative estimate of drug-likeness (QED) is 0.736. The zero-order valence-corrected chi connectivity index (χ0v) is 9.18. The molecule has 0 saturated carbocycles. The second kappa shape index (κ2) is 4.18. The summed E-state index contributed by atoms with van der Waals surface area (Å²) >= 11 is 0. The molecule has 0 N–H and O–H groups in total. The van der Waals surface area contributed by atoms with Crippen LogP contribution < -0.4 is 4.74 Å². The number of aromatic nitrogens is 2. The Morgan fingerprint density at radius 3 is 2.81 bits per heavy atom. The van der Waals surface area contributed by atoms with Gasteiger partial charge in [-0.3, -0.25) is 4.79 Å². The molecule has 0 radical (unpaired) electrons. The normalized spacial score (nSPS) is 10.1. The van der Waals surface area contributed by atoms with Gasteiger partial charge in [-0.2, -0.15) is 0 Å². The van der Waals surface area contributed by atoms with Gasteiger partial charge < -0.3 is 9.30 Å². The molecular weight excluding hydrogens is 204 g/mol. The van der Waals surface area contributed by atoms with Crippen LogP contribution in [0.2, 0.25) is 0 Å². The van der Waals surface area contributed by atoms with Crippen molar-refractivity contribution in [3.63, 3.8) is 0 Å². The summed E-state index contributed by atoms with van der Waals surface area (Å²) < 4.78 is 6.93. The highest BCUT2D eigenvalue weighted by Crippen LogP contribution is 2.29. The largest absolute Gasteiger partial charge is 0.496 e. The average Bonchev–Trinajstić information content (AvgIpc) is 2.70. The standard InChI is InChI=1S/C12H12N2O2/c1-14-8-13-12(10(14)7-15)9-5-3-4-6-11(9)16-2/h3-8H,1-2H3. The van der Waals surface area contributed by atoms with Crippen molar-refractivity contribution in [1.29, 1.82) is 0 Å². The maximum Gasteiger partial charge on any atom is 0.168 e. The molecule has 16 heavy (non-hydrogen) atoms. The molecule has 0 aliphatic carbocycles. The van der Waals surface area contributed by atoms with E-state index >= 15 is 0 Å². The van der Waals surface area contributed by atoms with E-state index in [-0.39, 0.29) is 0 Å². The Labute approximate surface area is 93.5 Å². The Morgan fingerprint density at radius 1 is 1.38 bits per heavy atom. The van der Waals surface area contributed by atoms with E-state index in [0.717, 1.165) is 11.8 Å². The third kappa shape index (κ3) is 1.58. The molecule has 0 fully saturated rings. The number of nitrogens with zero attached hydrogens (tertiary/aromatic N) is 2. The lowest BCUT2D eigenvalue weighted by molar-refractivity contribution is 0.111. The van der Waals surface area contributed by atoms with E-state index in [4.69, 9.17) is 4.74 Å². The number of methoxy groups -OCH3 is 1. The minimum absolute atomic E-state index is 0.546. The van der Waals surface area contributed by atoms with E-state index in [0.29, 0.717) is 17.1 Å². The Bertz CT molecular complexity index is 517. The van der Waals surface area contributed by atoms with Crippen molar-refractivity contribution in [1.82, 2.24) is 9.55 Å². The number of hydrogen-bond donors (Lipinski definition) is 0. The van der Waals surface area contributed by atoms with Crippen molar-refractivity contribution in [3.05, 3.63) is 36.3 Å². The number of aryl methyl sites for hydroxylation is 1. The first-order valence-corrected chi connectivity index (χ1v) is 4.87. The molecule has 4 heteroatoms. The molecule has 0 unspecified atom stereocenters. The fraction of sp³-hybridized carbons (Fsp3) is 0.167. The van der Waals surface area contributed by atoms with Gasteiger partial charge in [0.1, 0.15) is 17.1 Å². The first-order chi connectivity index (χ1) is 7.77. The summed E-state index contributed by atoms with van der Waals surface area (Å²) in [5.41, 5.74) is 2.02. The minimum atomic E-state index is 0.546. The van der Waals surface area contributed by atoms with E-state index in [1.54, 1.807) is 25.1 Å². The Balaban J connectivity index is 2.62. The summed E-state index contributed by atoms with van der Waals surface area (Å²) in [6.45, 7) is 0. The highest BCUT2D eigenvalue weighted by Gasteiger charge is 2.13. The van der Waals surface area contributed by atoms with Gasteiger partial charge in [-0.05, 0) is 12.1 Å². The van der Waals surface area contributed by atoms with Crippen molar-refractivity contribution in [2.45, 2.75) is 0 Å². The van der Waals surface area contributed by atoms with Crippen molar-refractivity contribution >= 4 is 6.29 Å². The predicted octanol–water partition coefficient (Wildman–Crippen LogP) is 1.91. The van der Waals surface area contributed by atoms with Gasteiger partial charge in [0.15, 0.2) is 6.29 Å². The van der Waals surface area contributed by atoms with Crippen molar-refractivity contribution in [3.8, 4) is 17.0 Å². The molecule has 0 aliphatic heterocycles. The number of para-hydroxylation sites is 1. The summed E-state index contributed by atoms with van der Waals surface area (Å²) in [4.78, 5) is 15.2. The summed E-state index contributed by atoms with van der Waals surface area (Å²) in [7, 11) is 3.39. The summed E-state index contributed by atoms with van der Waals surface area (Å²) in [5, 5.41) is 0. The van der Waals surface area contributed by atoms with E-state index in [1.165, 1.54) is 0 Å². The Hall–Kier alpha value is -2.10. The van der Waals surface area contributed by atoms with Crippen molar-refractivity contribution < 1.29 is 9.53 Å². The smallest absolute Gasteiger partial charge is 0.168 e. The molecular formula is C12H12N2O2. The molecule has 0 bridgehead atoms. The lowest BCUT2D eigenvalue weighted by Crippen LogP contribution is -1.95. The third-order valence-electron chi connectivity index (χ3n) is 2.46. The number of hydrogen-bond acceptors (Lipinski definition) is 3. The minimum Gasteiger partial charge on any atom is -0.496 e. The topological polar surface area (TPSA) is 44.1 Å². The van der Waals surface area contributed by atoms with Crippen LogP contribution in [0.15, 0.2) is 30.6 Å². The SMILES string of the molecule is COc1ccccc1-c1ncn(C)c1C=O. The van der Waals surface area contributed by atoms with E-state index in [2.05, 4.69) is 4.98 Å². The molecule has 1 aromatic carbocycles. The molecule has 1 aromatic heterocycles. The Kier molecular flexibility index (Phi) is 2.72. The molecule has 1 heterocycles. The van der Waals surface area contributed by atoms with Crippen LogP contribution in [0.4, 0.5) is 0 Å². The van der Waals surface area contributed by atoms with Gasteiger partial charge in [0.05, 0.1) is 13.4 Å². The van der Waals surface area contributed by atoms with E-state index in [1.807, 2.05) is 24.3 Å². The predicted molar refractivity (Wildman–Crippen MR) is 60.6 cm³/mol. The van der Waals surface area contributed by atoms with Crippen molar-refractivity contribution in [2.24, 2.45) is 7.05 Å². The molecule has 4 nitrogen and oxygen atoms in total. The monoisotopic (exact) mass is 216 g/mol. The number of aldehydes is 1. The van der Waals surface area contributed by atoms with Crippen LogP contribution in [0.25, 0.3) is 11.3 Å². The van der Waals surface area contributed by atoms with Crippen LogP contribution in [-0.4, -0.2) is 22.9 Å². The molecule has 0 atom stereocenters. The maximum atomic E-state index is 11.0. The maximum absolute atomic E-state index is 11.0. The Morgan fingerprint density at radius 2 is 2.12 bits per heavy atom. The van der Waals surface area contributed by atoms with Gasteiger partial charge in [0, 0.05) is 12.6 Å². The third-order valence-corrected chi connectivity index (χ3v) is 2.46. The van der Waals surface area contributed by atoms with Gasteiger partial charge in [-0.1, -0.05) is 12.1 Å². The summed E-state index contributed by atoms with van der Waals surface area (Å²) in [6.07, 6.45) is 2.42. The lowest BCUT2D eigenvalue weighted by Gasteiger charge is -2.06. The summed E-state index contributed by atoms with van der Waals surface area (Å²) in [6, 6.07) is 7.50. The molecule has 0 saturated heterocycles. The number of rotatable bonds is 3. The molecule has 2 rings (SSSR count). The fourth-order valence-corrected chi connectivity index (χ4v) is 1.63. The van der Waals surface area contributed by atoms with Crippen LogP contribution in [-0.2, 0) is 7.05 Å². The van der Waals surface area contributed by atoms with Crippen LogP contribution in [0.5, 0.6) is 5.75 Å². The van der Waals surface area contributed by atoms with Crippen LogP contribution in [0, 0.1) is 0 Å². The highest BCUT2D eigenvalue weighted by atomic mass is 16.5. The number of ether oxygens (including phenoxy) is 1. The van der Waals surface area contributed by atoms with Crippen LogP contribution in [0.1, 0.15) is 10.5 Å². The van der Waals surface area contributed by atoms with Gasteiger partial charge in [-0.15, -0.1) is 0 Å². The zero-order chi connectivity index (χ0) is 11.5. The summed E-state index contributed by atoms with van der Waals surface area (Å²) in [5.74, 6) is 0.712. The van der Waals surface area contributed by atoms with Gasteiger partial charge in [-0.25, -0.2) is 4.98 Å².